The van der Waals surface area contributed by atoms with E-state index in [0.717, 1.165) is 24.2 Å². The zero-order valence-electron chi connectivity index (χ0n) is 16.0. The Morgan fingerprint density at radius 2 is 1.81 bits per heavy atom. The number of rotatable bonds is 4. The van der Waals surface area contributed by atoms with Crippen LogP contribution >= 0.6 is 0 Å². The number of methoxy groups -OCH3 is 1. The van der Waals surface area contributed by atoms with Crippen LogP contribution in [0.15, 0.2) is 42.5 Å². The van der Waals surface area contributed by atoms with Crippen LogP contribution in [-0.2, 0) is 28.0 Å². The van der Waals surface area contributed by atoms with E-state index in [-0.39, 0.29) is 18.6 Å². The molecule has 5 nitrogen and oxygen atoms in total. The Balaban J connectivity index is 1.58. The molecule has 1 unspecified atom stereocenters. The number of carbonyl (C=O) groups excluding carboxylic acids is 1. The molecule has 1 heterocycles. The fourth-order valence-corrected chi connectivity index (χ4v) is 3.97. The summed E-state index contributed by atoms with van der Waals surface area (Å²) in [6.07, 6.45) is 1.89. The van der Waals surface area contributed by atoms with Gasteiger partial charge >= 0.3 is 0 Å². The number of ether oxygens (including phenoxy) is 3. The summed E-state index contributed by atoms with van der Waals surface area (Å²) < 4.78 is 17.8. The summed E-state index contributed by atoms with van der Waals surface area (Å²) in [7, 11) is 3.45. The van der Waals surface area contributed by atoms with Gasteiger partial charge in [-0.15, -0.1) is 0 Å². The second-order valence-corrected chi connectivity index (χ2v) is 7.55. The van der Waals surface area contributed by atoms with Crippen molar-refractivity contribution < 1.29 is 19.0 Å². The zero-order chi connectivity index (χ0) is 19.0. The van der Waals surface area contributed by atoms with Crippen LogP contribution in [0.1, 0.15) is 23.6 Å². The van der Waals surface area contributed by atoms with E-state index in [1.165, 1.54) is 11.1 Å². The van der Waals surface area contributed by atoms with Gasteiger partial charge in [-0.2, -0.15) is 0 Å². The molecule has 5 heteroatoms. The lowest BCUT2D eigenvalue weighted by Gasteiger charge is -2.39. The van der Waals surface area contributed by atoms with Gasteiger partial charge < -0.3 is 19.1 Å². The van der Waals surface area contributed by atoms with Gasteiger partial charge in [-0.3, -0.25) is 4.79 Å². The van der Waals surface area contributed by atoms with Gasteiger partial charge in [0, 0.05) is 19.9 Å². The molecule has 0 saturated carbocycles. The van der Waals surface area contributed by atoms with Crippen molar-refractivity contribution in [3.63, 3.8) is 0 Å². The summed E-state index contributed by atoms with van der Waals surface area (Å²) in [6, 6.07) is 14.4. The van der Waals surface area contributed by atoms with Crippen LogP contribution in [0.4, 0.5) is 0 Å². The first-order valence-electron chi connectivity index (χ1n) is 9.28. The van der Waals surface area contributed by atoms with Gasteiger partial charge in [-0.05, 0) is 35.7 Å². The van der Waals surface area contributed by atoms with Crippen molar-refractivity contribution in [3.05, 3.63) is 59.2 Å². The highest BCUT2D eigenvalue weighted by Gasteiger charge is 2.36. The largest absolute Gasteiger partial charge is 0.493 e. The SMILES string of the molecule is COc1ccc(C2(C)CN(C)C(=O)CO2)cc1OC1Cc2ccccc2C1. The molecule has 0 aromatic heterocycles. The summed E-state index contributed by atoms with van der Waals surface area (Å²) in [4.78, 5) is 13.5. The van der Waals surface area contributed by atoms with Crippen LogP contribution < -0.4 is 9.47 Å². The maximum Gasteiger partial charge on any atom is 0.248 e. The predicted molar refractivity (Wildman–Crippen MR) is 102 cm³/mol. The summed E-state index contributed by atoms with van der Waals surface area (Å²) in [6.45, 7) is 2.60. The highest BCUT2D eigenvalue weighted by atomic mass is 16.5. The van der Waals surface area contributed by atoms with E-state index < -0.39 is 5.60 Å². The average Bonchev–Trinajstić information content (AvgIpc) is 3.07. The monoisotopic (exact) mass is 367 g/mol. The minimum absolute atomic E-state index is 0.00109. The summed E-state index contributed by atoms with van der Waals surface area (Å²) in [5, 5.41) is 0. The molecule has 1 aliphatic heterocycles. The summed E-state index contributed by atoms with van der Waals surface area (Å²) in [5.41, 5.74) is 3.11. The lowest BCUT2D eigenvalue weighted by molar-refractivity contribution is -0.160. The molecule has 1 saturated heterocycles. The Bertz CT molecular complexity index is 840. The number of likely N-dealkylation sites (N-methyl/N-ethyl adjacent to an activating group) is 1. The first kappa shape index (κ1) is 17.9. The van der Waals surface area contributed by atoms with Crippen molar-refractivity contribution >= 4 is 5.91 Å². The Hall–Kier alpha value is -2.53. The van der Waals surface area contributed by atoms with Crippen molar-refractivity contribution in [2.45, 2.75) is 31.5 Å². The number of amides is 1. The third-order valence-corrected chi connectivity index (χ3v) is 5.56. The van der Waals surface area contributed by atoms with E-state index in [0.29, 0.717) is 12.3 Å². The van der Waals surface area contributed by atoms with Gasteiger partial charge in [-0.1, -0.05) is 30.3 Å². The molecule has 27 heavy (non-hydrogen) atoms. The van der Waals surface area contributed by atoms with Crippen LogP contribution in [0, 0.1) is 0 Å². The highest BCUT2D eigenvalue weighted by molar-refractivity contribution is 5.78. The molecule has 1 atom stereocenters. The van der Waals surface area contributed by atoms with Gasteiger partial charge in [0.2, 0.25) is 5.91 Å². The van der Waals surface area contributed by atoms with Crippen molar-refractivity contribution in [2.75, 3.05) is 27.3 Å². The molecule has 0 N–H and O–H groups in total. The molecule has 1 aliphatic carbocycles. The van der Waals surface area contributed by atoms with E-state index in [4.69, 9.17) is 14.2 Å². The average molecular weight is 367 g/mol. The maximum atomic E-state index is 11.8. The molecule has 1 fully saturated rings. The fraction of sp³-hybridized carbons (Fsp3) is 0.409. The predicted octanol–water partition coefficient (Wildman–Crippen LogP) is 2.95. The number of hydrogen-bond donors (Lipinski definition) is 0. The third-order valence-electron chi connectivity index (χ3n) is 5.56. The molecule has 0 spiro atoms. The van der Waals surface area contributed by atoms with Crippen LogP contribution in [0.2, 0.25) is 0 Å². The van der Waals surface area contributed by atoms with Gasteiger partial charge in [0.15, 0.2) is 11.5 Å². The molecule has 0 radical (unpaired) electrons. The number of hydrogen-bond acceptors (Lipinski definition) is 4. The minimum atomic E-state index is -0.564. The van der Waals surface area contributed by atoms with Crippen molar-refractivity contribution in [1.29, 1.82) is 0 Å². The van der Waals surface area contributed by atoms with Crippen LogP contribution in [0.3, 0.4) is 0 Å². The quantitative estimate of drug-likeness (QED) is 0.834. The van der Waals surface area contributed by atoms with Crippen LogP contribution in [0.25, 0.3) is 0 Å². The Morgan fingerprint density at radius 1 is 1.11 bits per heavy atom. The van der Waals surface area contributed by atoms with E-state index in [2.05, 4.69) is 24.3 Å². The van der Waals surface area contributed by atoms with Gasteiger partial charge in [0.05, 0.1) is 13.7 Å². The topological polar surface area (TPSA) is 48.0 Å². The molecule has 142 valence electrons. The molecular weight excluding hydrogens is 342 g/mol. The molecular formula is C22H25NO4. The van der Waals surface area contributed by atoms with Crippen LogP contribution in [0.5, 0.6) is 11.5 Å². The number of carbonyl (C=O) groups is 1. The van der Waals surface area contributed by atoms with E-state index in [1.54, 1.807) is 19.1 Å². The molecule has 1 amide bonds. The first-order valence-corrected chi connectivity index (χ1v) is 9.28. The summed E-state index contributed by atoms with van der Waals surface area (Å²) >= 11 is 0. The molecule has 2 aromatic carbocycles. The second kappa shape index (κ2) is 6.89. The van der Waals surface area contributed by atoms with Gasteiger partial charge in [0.25, 0.3) is 0 Å². The minimum Gasteiger partial charge on any atom is -0.493 e. The normalized spacial score (nSPS) is 22.6. The number of morpholine rings is 1. The highest BCUT2D eigenvalue weighted by Crippen LogP contribution is 2.37. The lowest BCUT2D eigenvalue weighted by Crippen LogP contribution is -2.49. The van der Waals surface area contributed by atoms with Crippen molar-refractivity contribution in [3.8, 4) is 11.5 Å². The standard InChI is InChI=1S/C22H25NO4/c1-22(14-23(2)21(24)13-26-22)17-8-9-19(25-3)20(12-17)27-18-10-15-6-4-5-7-16(15)11-18/h4-9,12,18H,10-11,13-14H2,1-3H3. The fourth-order valence-electron chi connectivity index (χ4n) is 3.97. The lowest BCUT2D eigenvalue weighted by atomic mass is 9.93. The third kappa shape index (κ3) is 3.39. The van der Waals surface area contributed by atoms with Crippen molar-refractivity contribution in [1.82, 2.24) is 4.90 Å². The second-order valence-electron chi connectivity index (χ2n) is 7.55. The number of fused-ring (bicyclic) bond motifs is 1. The zero-order valence-corrected chi connectivity index (χ0v) is 16.0. The number of benzene rings is 2. The summed E-state index contributed by atoms with van der Waals surface area (Å²) in [5.74, 6) is 1.43. The molecule has 4 rings (SSSR count). The smallest absolute Gasteiger partial charge is 0.248 e. The maximum absolute atomic E-state index is 11.8. The van der Waals surface area contributed by atoms with Crippen molar-refractivity contribution in [2.24, 2.45) is 0 Å². The molecule has 2 aliphatic rings. The first-order chi connectivity index (χ1) is 13.0. The van der Waals surface area contributed by atoms with Gasteiger partial charge in [-0.25, -0.2) is 0 Å². The van der Waals surface area contributed by atoms with E-state index in [9.17, 15) is 4.79 Å². The van der Waals surface area contributed by atoms with E-state index >= 15 is 0 Å². The molecule has 0 bridgehead atoms. The Morgan fingerprint density at radius 3 is 2.44 bits per heavy atom. The van der Waals surface area contributed by atoms with E-state index in [1.807, 2.05) is 25.1 Å². The number of nitrogens with zero attached hydrogens (tertiary/aromatic N) is 1. The Kier molecular flexibility index (Phi) is 4.56. The Labute approximate surface area is 159 Å². The van der Waals surface area contributed by atoms with Gasteiger partial charge in [0.1, 0.15) is 18.3 Å². The molecule has 2 aromatic rings. The van der Waals surface area contributed by atoms with Crippen LogP contribution in [-0.4, -0.2) is 44.2 Å².